The summed E-state index contributed by atoms with van der Waals surface area (Å²) in [6.45, 7) is 0.936. The molecule has 2 amide bonds. The molecular weight excluding hydrogens is 244 g/mol. The summed E-state index contributed by atoms with van der Waals surface area (Å²) in [5, 5.41) is 16.2. The molecule has 0 aromatic carbocycles. The van der Waals surface area contributed by atoms with Gasteiger partial charge in [-0.2, -0.15) is 0 Å². The number of anilines is 1. The van der Waals surface area contributed by atoms with Gasteiger partial charge in [0.15, 0.2) is 10.8 Å². The molecule has 1 heterocycles. The SMILES string of the molecule is CN(C)C(=O)NCCNc1nc(C(=O)O)cs1. The van der Waals surface area contributed by atoms with Crippen LogP contribution in [0, 0.1) is 0 Å². The monoisotopic (exact) mass is 258 g/mol. The Kier molecular flexibility index (Phi) is 4.70. The van der Waals surface area contributed by atoms with Crippen LogP contribution in [0.3, 0.4) is 0 Å². The van der Waals surface area contributed by atoms with Crippen LogP contribution >= 0.6 is 11.3 Å². The van der Waals surface area contributed by atoms with E-state index in [0.717, 1.165) is 0 Å². The van der Waals surface area contributed by atoms with Gasteiger partial charge in [0.05, 0.1) is 0 Å². The van der Waals surface area contributed by atoms with Crippen LogP contribution in [-0.4, -0.2) is 54.2 Å². The molecule has 0 fully saturated rings. The van der Waals surface area contributed by atoms with Crippen molar-refractivity contribution in [1.82, 2.24) is 15.2 Å². The van der Waals surface area contributed by atoms with Gasteiger partial charge in [-0.1, -0.05) is 0 Å². The maximum Gasteiger partial charge on any atom is 0.355 e. The van der Waals surface area contributed by atoms with Crippen LogP contribution in [0.5, 0.6) is 0 Å². The molecule has 1 aromatic rings. The van der Waals surface area contributed by atoms with Crippen LogP contribution in [0.1, 0.15) is 10.5 Å². The van der Waals surface area contributed by atoms with E-state index < -0.39 is 5.97 Å². The van der Waals surface area contributed by atoms with Gasteiger partial charge < -0.3 is 20.6 Å². The van der Waals surface area contributed by atoms with E-state index in [0.29, 0.717) is 18.2 Å². The molecule has 94 valence electrons. The van der Waals surface area contributed by atoms with Gasteiger partial charge in [0.1, 0.15) is 0 Å². The number of urea groups is 1. The molecule has 1 aromatic heterocycles. The Hall–Kier alpha value is -1.83. The van der Waals surface area contributed by atoms with Gasteiger partial charge in [0.25, 0.3) is 0 Å². The second kappa shape index (κ2) is 6.04. The highest BCUT2D eigenvalue weighted by Crippen LogP contribution is 2.14. The quantitative estimate of drug-likeness (QED) is 0.669. The molecular formula is C9H14N4O3S. The Balaban J connectivity index is 2.26. The number of amides is 2. The summed E-state index contributed by atoms with van der Waals surface area (Å²) in [6.07, 6.45) is 0. The Bertz CT molecular complexity index is 405. The van der Waals surface area contributed by atoms with E-state index in [-0.39, 0.29) is 11.7 Å². The van der Waals surface area contributed by atoms with E-state index >= 15 is 0 Å². The van der Waals surface area contributed by atoms with E-state index in [1.54, 1.807) is 14.1 Å². The molecule has 0 radical (unpaired) electrons. The first-order valence-electron chi connectivity index (χ1n) is 4.88. The lowest BCUT2D eigenvalue weighted by atomic mass is 10.5. The highest BCUT2D eigenvalue weighted by molar-refractivity contribution is 7.13. The summed E-state index contributed by atoms with van der Waals surface area (Å²) in [7, 11) is 3.31. The number of aromatic carboxylic acids is 1. The van der Waals surface area contributed by atoms with Gasteiger partial charge in [-0.25, -0.2) is 14.6 Å². The van der Waals surface area contributed by atoms with Gasteiger partial charge >= 0.3 is 12.0 Å². The molecule has 7 nitrogen and oxygen atoms in total. The van der Waals surface area contributed by atoms with E-state index in [1.165, 1.54) is 21.6 Å². The molecule has 0 atom stereocenters. The van der Waals surface area contributed by atoms with Crippen molar-refractivity contribution >= 4 is 28.5 Å². The Morgan fingerprint density at radius 2 is 2.18 bits per heavy atom. The van der Waals surface area contributed by atoms with Crippen molar-refractivity contribution in [3.8, 4) is 0 Å². The average molecular weight is 258 g/mol. The van der Waals surface area contributed by atoms with Crippen molar-refractivity contribution in [2.24, 2.45) is 0 Å². The van der Waals surface area contributed by atoms with E-state index in [2.05, 4.69) is 15.6 Å². The van der Waals surface area contributed by atoms with Crippen molar-refractivity contribution in [2.75, 3.05) is 32.5 Å². The molecule has 0 aliphatic heterocycles. The zero-order valence-electron chi connectivity index (χ0n) is 9.56. The fraction of sp³-hybridized carbons (Fsp3) is 0.444. The summed E-state index contributed by atoms with van der Waals surface area (Å²) in [5.41, 5.74) is 0.0230. The normalized spacial score (nSPS) is 9.76. The summed E-state index contributed by atoms with van der Waals surface area (Å²) in [5.74, 6) is -1.05. The highest BCUT2D eigenvalue weighted by Gasteiger charge is 2.08. The number of carboxylic acids is 1. The molecule has 0 aliphatic carbocycles. The number of rotatable bonds is 5. The van der Waals surface area contributed by atoms with Crippen molar-refractivity contribution in [1.29, 1.82) is 0 Å². The number of nitrogens with one attached hydrogen (secondary N) is 2. The number of hydrogen-bond donors (Lipinski definition) is 3. The molecule has 1 rings (SSSR count). The van der Waals surface area contributed by atoms with Gasteiger partial charge in [-0.05, 0) is 0 Å². The lowest BCUT2D eigenvalue weighted by molar-refractivity contribution is 0.0691. The van der Waals surface area contributed by atoms with Crippen molar-refractivity contribution < 1.29 is 14.7 Å². The maximum atomic E-state index is 11.1. The minimum Gasteiger partial charge on any atom is -0.476 e. The molecule has 0 saturated carbocycles. The van der Waals surface area contributed by atoms with Crippen LogP contribution in [0.4, 0.5) is 9.93 Å². The lowest BCUT2D eigenvalue weighted by Crippen LogP contribution is -2.37. The molecule has 0 bridgehead atoms. The smallest absolute Gasteiger partial charge is 0.355 e. The van der Waals surface area contributed by atoms with Crippen LogP contribution in [-0.2, 0) is 0 Å². The third-order valence-electron chi connectivity index (χ3n) is 1.81. The Morgan fingerprint density at radius 3 is 2.71 bits per heavy atom. The third kappa shape index (κ3) is 4.27. The first kappa shape index (κ1) is 13.2. The standard InChI is InChI=1S/C9H14N4O3S/c1-13(2)9(16)11-4-3-10-8-12-6(5-17-8)7(14)15/h5H,3-4H2,1-2H3,(H,10,12)(H,11,16)(H,14,15). The average Bonchev–Trinajstić information content (AvgIpc) is 2.72. The molecule has 8 heteroatoms. The molecule has 0 saturated heterocycles. The topological polar surface area (TPSA) is 94.6 Å². The number of carbonyl (C=O) groups excluding carboxylic acids is 1. The number of carboxylic acid groups (broad SMARTS) is 1. The molecule has 0 aliphatic rings. The van der Waals surface area contributed by atoms with Crippen LogP contribution in [0.15, 0.2) is 5.38 Å². The van der Waals surface area contributed by atoms with Crippen molar-refractivity contribution in [2.45, 2.75) is 0 Å². The van der Waals surface area contributed by atoms with Gasteiger partial charge in [0, 0.05) is 32.6 Å². The molecule has 3 N–H and O–H groups in total. The van der Waals surface area contributed by atoms with E-state index in [9.17, 15) is 9.59 Å². The van der Waals surface area contributed by atoms with E-state index in [1.807, 2.05) is 0 Å². The first-order valence-corrected chi connectivity index (χ1v) is 5.76. The largest absolute Gasteiger partial charge is 0.476 e. The first-order chi connectivity index (χ1) is 8.00. The number of nitrogens with zero attached hydrogens (tertiary/aromatic N) is 2. The molecule has 0 unspecified atom stereocenters. The Morgan fingerprint density at radius 1 is 1.47 bits per heavy atom. The summed E-state index contributed by atoms with van der Waals surface area (Å²) < 4.78 is 0. The summed E-state index contributed by atoms with van der Waals surface area (Å²) in [6, 6.07) is -0.169. The second-order valence-electron chi connectivity index (χ2n) is 3.40. The molecule has 0 spiro atoms. The van der Waals surface area contributed by atoms with Crippen LogP contribution in [0.25, 0.3) is 0 Å². The highest BCUT2D eigenvalue weighted by atomic mass is 32.1. The van der Waals surface area contributed by atoms with Gasteiger partial charge in [0.2, 0.25) is 0 Å². The zero-order chi connectivity index (χ0) is 12.8. The predicted octanol–water partition coefficient (Wildman–Crippen LogP) is 0.524. The zero-order valence-corrected chi connectivity index (χ0v) is 10.4. The number of thiazole rings is 1. The number of carbonyl (C=O) groups is 2. The number of hydrogen-bond acceptors (Lipinski definition) is 5. The van der Waals surface area contributed by atoms with Gasteiger partial charge in [-0.15, -0.1) is 11.3 Å². The minimum absolute atomic E-state index is 0.0230. The van der Waals surface area contributed by atoms with Gasteiger partial charge in [-0.3, -0.25) is 0 Å². The number of aromatic nitrogens is 1. The fourth-order valence-corrected chi connectivity index (χ4v) is 1.66. The predicted molar refractivity (Wildman–Crippen MR) is 64.6 cm³/mol. The minimum atomic E-state index is -1.05. The second-order valence-corrected chi connectivity index (χ2v) is 4.25. The van der Waals surface area contributed by atoms with Crippen molar-refractivity contribution in [3.05, 3.63) is 11.1 Å². The maximum absolute atomic E-state index is 11.1. The Labute approximate surface area is 102 Å². The van der Waals surface area contributed by atoms with Crippen LogP contribution < -0.4 is 10.6 Å². The fourth-order valence-electron chi connectivity index (χ4n) is 0.950. The summed E-state index contributed by atoms with van der Waals surface area (Å²) >= 11 is 1.22. The van der Waals surface area contributed by atoms with Crippen molar-refractivity contribution in [3.63, 3.8) is 0 Å². The lowest BCUT2D eigenvalue weighted by Gasteiger charge is -2.11. The van der Waals surface area contributed by atoms with Crippen LogP contribution in [0.2, 0.25) is 0 Å². The molecule has 17 heavy (non-hydrogen) atoms. The van der Waals surface area contributed by atoms with E-state index in [4.69, 9.17) is 5.11 Å². The summed E-state index contributed by atoms with van der Waals surface area (Å²) in [4.78, 5) is 27.0. The third-order valence-corrected chi connectivity index (χ3v) is 2.61.